The van der Waals surface area contributed by atoms with Crippen LogP contribution in [0, 0.1) is 0 Å². The molecule has 0 bridgehead atoms. The van der Waals surface area contributed by atoms with Gasteiger partial charge in [0.1, 0.15) is 0 Å². The van der Waals surface area contributed by atoms with Gasteiger partial charge in [-0.05, 0) is 25.7 Å². The van der Waals surface area contributed by atoms with Gasteiger partial charge in [0.2, 0.25) is 0 Å². The third-order valence-corrected chi connectivity index (χ3v) is 2.78. The molecule has 78 valence electrons. The Morgan fingerprint density at radius 3 is 2.57 bits per heavy atom. The molecule has 2 nitrogen and oxygen atoms in total. The fourth-order valence-electron chi connectivity index (χ4n) is 1.30. The van der Waals surface area contributed by atoms with Gasteiger partial charge >= 0.3 is 0 Å². The third kappa shape index (κ3) is 2.85. The topological polar surface area (TPSA) is 29.3 Å². The summed E-state index contributed by atoms with van der Waals surface area (Å²) in [7, 11) is 3.94. The Hall–Kier alpha value is -0.280. The van der Waals surface area contributed by atoms with E-state index in [0.29, 0.717) is 10.0 Å². The lowest BCUT2D eigenvalue weighted by Gasteiger charge is -2.18. The Labute approximate surface area is 94.6 Å². The van der Waals surface area contributed by atoms with Crippen molar-refractivity contribution in [3.8, 4) is 0 Å². The first-order valence-corrected chi connectivity index (χ1v) is 5.12. The van der Waals surface area contributed by atoms with Crippen molar-refractivity contribution in [2.24, 2.45) is 5.73 Å². The number of benzene rings is 1. The second kappa shape index (κ2) is 4.99. The van der Waals surface area contributed by atoms with Crippen molar-refractivity contribution in [1.82, 2.24) is 4.90 Å². The molecule has 2 N–H and O–H groups in total. The lowest BCUT2D eigenvalue weighted by atomic mass is 10.1. The molecule has 0 fully saturated rings. The van der Waals surface area contributed by atoms with E-state index >= 15 is 0 Å². The van der Waals surface area contributed by atoms with Gasteiger partial charge in [-0.2, -0.15) is 0 Å². The number of nitrogens with two attached hydrogens (primary N) is 1. The van der Waals surface area contributed by atoms with Crippen LogP contribution in [0.4, 0.5) is 0 Å². The number of halogens is 2. The Balaban J connectivity index is 2.89. The first kappa shape index (κ1) is 11.8. The number of likely N-dealkylation sites (N-methyl/N-ethyl adjacent to an activating group) is 1. The summed E-state index contributed by atoms with van der Waals surface area (Å²) in [5.74, 6) is 0. The normalized spacial score (nSPS) is 13.3. The van der Waals surface area contributed by atoms with Gasteiger partial charge in [0.25, 0.3) is 0 Å². The lowest BCUT2D eigenvalue weighted by Crippen LogP contribution is -2.26. The number of rotatable bonds is 3. The van der Waals surface area contributed by atoms with Crippen molar-refractivity contribution in [3.63, 3.8) is 0 Å². The van der Waals surface area contributed by atoms with Crippen LogP contribution in [0.25, 0.3) is 0 Å². The van der Waals surface area contributed by atoms with E-state index in [1.165, 1.54) is 0 Å². The average molecular weight is 233 g/mol. The van der Waals surface area contributed by atoms with Crippen LogP contribution in [0.1, 0.15) is 11.6 Å². The summed E-state index contributed by atoms with van der Waals surface area (Å²) >= 11 is 11.9. The maximum Gasteiger partial charge on any atom is 0.0640 e. The van der Waals surface area contributed by atoms with Crippen LogP contribution < -0.4 is 5.73 Å². The van der Waals surface area contributed by atoms with Crippen molar-refractivity contribution in [2.75, 3.05) is 20.6 Å². The van der Waals surface area contributed by atoms with Crippen LogP contribution in [0.2, 0.25) is 10.0 Å². The maximum atomic E-state index is 6.04. The first-order chi connectivity index (χ1) is 6.52. The summed E-state index contributed by atoms with van der Waals surface area (Å²) < 4.78 is 0. The highest BCUT2D eigenvalue weighted by Gasteiger charge is 2.12. The summed E-state index contributed by atoms with van der Waals surface area (Å²) in [6.07, 6.45) is 0. The predicted molar refractivity (Wildman–Crippen MR) is 61.9 cm³/mol. The second-order valence-corrected chi connectivity index (χ2v) is 4.30. The van der Waals surface area contributed by atoms with Gasteiger partial charge in [0.15, 0.2) is 0 Å². The highest BCUT2D eigenvalue weighted by atomic mass is 35.5. The molecule has 1 aromatic carbocycles. The minimum Gasteiger partial charge on any atom is -0.323 e. The molecule has 1 rings (SSSR count). The van der Waals surface area contributed by atoms with E-state index in [2.05, 4.69) is 0 Å². The van der Waals surface area contributed by atoms with E-state index in [1.807, 2.05) is 31.1 Å². The number of nitrogens with zero attached hydrogens (tertiary/aromatic N) is 1. The van der Waals surface area contributed by atoms with E-state index in [1.54, 1.807) is 6.07 Å². The van der Waals surface area contributed by atoms with Gasteiger partial charge in [-0.25, -0.2) is 0 Å². The Morgan fingerprint density at radius 1 is 1.36 bits per heavy atom. The molecular formula is C10H14Cl2N2. The zero-order valence-electron chi connectivity index (χ0n) is 8.30. The van der Waals surface area contributed by atoms with Gasteiger partial charge in [-0.3, -0.25) is 0 Å². The van der Waals surface area contributed by atoms with Gasteiger partial charge < -0.3 is 10.6 Å². The SMILES string of the molecule is CN(C)CC(N)c1cccc(Cl)c1Cl. The Kier molecular flexibility index (Phi) is 4.20. The molecule has 0 aliphatic carbocycles. The summed E-state index contributed by atoms with van der Waals surface area (Å²) in [5, 5.41) is 1.11. The molecule has 0 amide bonds. The van der Waals surface area contributed by atoms with Crippen molar-refractivity contribution in [3.05, 3.63) is 33.8 Å². The largest absolute Gasteiger partial charge is 0.323 e. The second-order valence-electron chi connectivity index (χ2n) is 3.51. The van der Waals surface area contributed by atoms with Crippen molar-refractivity contribution >= 4 is 23.2 Å². The van der Waals surface area contributed by atoms with Crippen LogP contribution in [0.3, 0.4) is 0 Å². The van der Waals surface area contributed by atoms with Crippen molar-refractivity contribution < 1.29 is 0 Å². The third-order valence-electron chi connectivity index (χ3n) is 1.94. The molecule has 0 saturated carbocycles. The van der Waals surface area contributed by atoms with Crippen LogP contribution in [-0.2, 0) is 0 Å². The van der Waals surface area contributed by atoms with Crippen LogP contribution in [0.5, 0.6) is 0 Å². The number of hydrogen-bond donors (Lipinski definition) is 1. The van der Waals surface area contributed by atoms with E-state index in [9.17, 15) is 0 Å². The fourth-order valence-corrected chi connectivity index (χ4v) is 1.75. The molecule has 1 aromatic rings. The summed E-state index contributed by atoms with van der Waals surface area (Å²) in [4.78, 5) is 2.02. The Bertz CT molecular complexity index is 313. The molecule has 1 atom stereocenters. The molecule has 0 aromatic heterocycles. The monoisotopic (exact) mass is 232 g/mol. The van der Waals surface area contributed by atoms with E-state index in [0.717, 1.165) is 12.1 Å². The van der Waals surface area contributed by atoms with Crippen LogP contribution in [-0.4, -0.2) is 25.5 Å². The summed E-state index contributed by atoms with van der Waals surface area (Å²) in [6, 6.07) is 5.42. The van der Waals surface area contributed by atoms with Crippen molar-refractivity contribution in [2.45, 2.75) is 6.04 Å². The zero-order valence-corrected chi connectivity index (χ0v) is 9.81. The molecule has 1 unspecified atom stereocenters. The smallest absolute Gasteiger partial charge is 0.0640 e. The molecule has 0 saturated heterocycles. The van der Waals surface area contributed by atoms with E-state index in [4.69, 9.17) is 28.9 Å². The highest BCUT2D eigenvalue weighted by Crippen LogP contribution is 2.28. The minimum atomic E-state index is -0.101. The van der Waals surface area contributed by atoms with E-state index < -0.39 is 0 Å². The van der Waals surface area contributed by atoms with Gasteiger partial charge in [-0.1, -0.05) is 35.3 Å². The summed E-state index contributed by atoms with van der Waals surface area (Å²) in [5.41, 5.74) is 6.88. The molecular weight excluding hydrogens is 219 g/mol. The van der Waals surface area contributed by atoms with Crippen LogP contribution >= 0.6 is 23.2 Å². The van der Waals surface area contributed by atoms with Gasteiger partial charge in [0.05, 0.1) is 10.0 Å². The molecule has 0 aliphatic heterocycles. The van der Waals surface area contributed by atoms with Crippen LogP contribution in [0.15, 0.2) is 18.2 Å². The molecule has 0 radical (unpaired) electrons. The average Bonchev–Trinajstić information content (AvgIpc) is 2.08. The zero-order chi connectivity index (χ0) is 10.7. The standard InChI is InChI=1S/C10H14Cl2N2/c1-14(2)6-9(13)7-4-3-5-8(11)10(7)12/h3-5,9H,6,13H2,1-2H3. The summed E-state index contributed by atoms with van der Waals surface area (Å²) in [6.45, 7) is 0.750. The fraction of sp³-hybridized carbons (Fsp3) is 0.400. The molecule has 0 heterocycles. The molecule has 14 heavy (non-hydrogen) atoms. The Morgan fingerprint density at radius 2 is 2.00 bits per heavy atom. The first-order valence-electron chi connectivity index (χ1n) is 4.36. The predicted octanol–water partition coefficient (Wildman–Crippen LogP) is 2.55. The number of hydrogen-bond acceptors (Lipinski definition) is 2. The minimum absolute atomic E-state index is 0.101. The van der Waals surface area contributed by atoms with Gasteiger partial charge in [0, 0.05) is 12.6 Å². The van der Waals surface area contributed by atoms with Gasteiger partial charge in [-0.15, -0.1) is 0 Å². The molecule has 4 heteroatoms. The maximum absolute atomic E-state index is 6.04. The quantitative estimate of drug-likeness (QED) is 0.869. The molecule has 0 spiro atoms. The van der Waals surface area contributed by atoms with E-state index in [-0.39, 0.29) is 6.04 Å². The highest BCUT2D eigenvalue weighted by molar-refractivity contribution is 6.42. The van der Waals surface area contributed by atoms with Crippen molar-refractivity contribution in [1.29, 1.82) is 0 Å². The molecule has 0 aliphatic rings. The lowest BCUT2D eigenvalue weighted by molar-refractivity contribution is 0.377.